The van der Waals surface area contributed by atoms with Gasteiger partial charge in [-0.05, 0) is 52.8 Å². The lowest BCUT2D eigenvalue weighted by Gasteiger charge is -2.21. The van der Waals surface area contributed by atoms with Gasteiger partial charge in [-0.1, -0.05) is 64.1 Å². The van der Waals surface area contributed by atoms with Gasteiger partial charge in [-0.25, -0.2) is 0 Å². The number of nitrogens with one attached hydrogen (secondary N) is 1. The first-order valence-electron chi connectivity index (χ1n) is 11.8. The number of benzene rings is 3. The van der Waals surface area contributed by atoms with Crippen LogP contribution in [0, 0.1) is 0 Å². The molecule has 0 aromatic heterocycles. The number of carbonyl (C=O) groups excluding carboxylic acids is 3. The maximum Gasteiger partial charge on any atom is 0.261 e. The van der Waals surface area contributed by atoms with Crippen LogP contribution in [-0.2, 0) is 6.54 Å². The molecule has 3 aromatic carbocycles. The monoisotopic (exact) mass is 470 g/mol. The lowest BCUT2D eigenvalue weighted by molar-refractivity contribution is 0.0642. The molecule has 1 heterocycles. The summed E-state index contributed by atoms with van der Waals surface area (Å²) in [6, 6.07) is 18.0. The topological polar surface area (TPSA) is 75.7 Å². The number of methoxy groups -OCH3 is 1. The van der Waals surface area contributed by atoms with Gasteiger partial charge in [0, 0.05) is 5.69 Å². The Balaban J connectivity index is 1.65. The number of hydrogen-bond donors (Lipinski definition) is 1. The van der Waals surface area contributed by atoms with Crippen LogP contribution in [0.2, 0.25) is 0 Å². The average Bonchev–Trinajstić information content (AvgIpc) is 3.08. The summed E-state index contributed by atoms with van der Waals surface area (Å²) in [5.41, 5.74) is 4.74. The number of rotatable bonds is 7. The Kier molecular flexibility index (Phi) is 6.74. The van der Waals surface area contributed by atoms with Crippen LogP contribution in [-0.4, -0.2) is 29.7 Å². The van der Waals surface area contributed by atoms with E-state index >= 15 is 0 Å². The molecule has 0 radical (unpaired) electrons. The van der Waals surface area contributed by atoms with Crippen LogP contribution < -0.4 is 10.1 Å². The molecule has 0 fully saturated rings. The Morgan fingerprint density at radius 2 is 1.43 bits per heavy atom. The Labute approximate surface area is 205 Å². The third kappa shape index (κ3) is 4.56. The molecule has 180 valence electrons. The van der Waals surface area contributed by atoms with Gasteiger partial charge in [0.1, 0.15) is 5.75 Å². The molecule has 6 nitrogen and oxygen atoms in total. The number of hydrogen-bond acceptors (Lipinski definition) is 4. The molecule has 3 aromatic rings. The van der Waals surface area contributed by atoms with E-state index in [2.05, 4.69) is 33.0 Å². The zero-order valence-corrected chi connectivity index (χ0v) is 20.7. The largest absolute Gasteiger partial charge is 0.496 e. The van der Waals surface area contributed by atoms with E-state index in [1.165, 1.54) is 12.0 Å². The molecule has 1 aliphatic heterocycles. The van der Waals surface area contributed by atoms with Gasteiger partial charge < -0.3 is 10.1 Å². The SMILES string of the molecule is COc1ccc(CN2C(=O)c3ccccc3C2=O)cc1C(=O)Nc1c(C(C)C)cccc1C(C)C. The highest BCUT2D eigenvalue weighted by atomic mass is 16.5. The van der Waals surface area contributed by atoms with Crippen molar-refractivity contribution in [3.8, 4) is 5.75 Å². The minimum absolute atomic E-state index is 0.0659. The number of nitrogens with zero attached hydrogens (tertiary/aromatic N) is 1. The summed E-state index contributed by atoms with van der Waals surface area (Å²) in [5.74, 6) is -0.0976. The molecule has 4 rings (SSSR count). The minimum atomic E-state index is -0.333. The lowest BCUT2D eigenvalue weighted by atomic mass is 9.92. The third-order valence-electron chi connectivity index (χ3n) is 6.34. The summed E-state index contributed by atoms with van der Waals surface area (Å²) in [7, 11) is 1.51. The molecule has 0 unspecified atom stereocenters. The summed E-state index contributed by atoms with van der Waals surface area (Å²) >= 11 is 0. The first-order chi connectivity index (χ1) is 16.7. The van der Waals surface area contributed by atoms with E-state index in [-0.39, 0.29) is 36.1 Å². The molecular weight excluding hydrogens is 440 g/mol. The number of fused-ring (bicyclic) bond motifs is 1. The fraction of sp³-hybridized carbons (Fsp3) is 0.276. The molecule has 0 saturated heterocycles. The lowest BCUT2D eigenvalue weighted by Crippen LogP contribution is -2.29. The van der Waals surface area contributed by atoms with E-state index in [1.807, 2.05) is 18.2 Å². The molecule has 0 atom stereocenters. The van der Waals surface area contributed by atoms with Crippen LogP contribution in [0.3, 0.4) is 0 Å². The standard InChI is InChI=1S/C29H30N2O4/c1-17(2)20-11-8-12-21(18(3)4)26(20)30-27(32)24-15-19(13-14-25(24)35-5)16-31-28(33)22-9-6-7-10-23(22)29(31)34/h6-15,17-18H,16H2,1-5H3,(H,30,32). The number of imide groups is 1. The highest BCUT2D eigenvalue weighted by molar-refractivity contribution is 6.21. The Bertz CT molecular complexity index is 1250. The van der Waals surface area contributed by atoms with Crippen molar-refractivity contribution in [2.75, 3.05) is 12.4 Å². The third-order valence-corrected chi connectivity index (χ3v) is 6.34. The predicted octanol–water partition coefficient (Wildman–Crippen LogP) is 5.99. The maximum atomic E-state index is 13.5. The number of para-hydroxylation sites is 1. The Morgan fingerprint density at radius 1 is 0.857 bits per heavy atom. The van der Waals surface area contributed by atoms with Gasteiger partial charge in [-0.3, -0.25) is 19.3 Å². The smallest absolute Gasteiger partial charge is 0.261 e. The van der Waals surface area contributed by atoms with Crippen molar-refractivity contribution in [2.45, 2.75) is 46.1 Å². The summed E-state index contributed by atoms with van der Waals surface area (Å²) in [4.78, 5) is 40.3. The van der Waals surface area contributed by atoms with Gasteiger partial charge in [0.05, 0.1) is 30.3 Å². The zero-order valence-electron chi connectivity index (χ0n) is 20.7. The fourth-order valence-corrected chi connectivity index (χ4v) is 4.47. The van der Waals surface area contributed by atoms with Crippen molar-refractivity contribution in [1.82, 2.24) is 4.90 Å². The van der Waals surface area contributed by atoms with Crippen molar-refractivity contribution >= 4 is 23.4 Å². The normalized spacial score (nSPS) is 12.9. The number of carbonyl (C=O) groups is 3. The number of anilines is 1. The predicted molar refractivity (Wildman–Crippen MR) is 136 cm³/mol. The molecule has 0 bridgehead atoms. The highest BCUT2D eigenvalue weighted by Crippen LogP contribution is 2.34. The fourth-order valence-electron chi connectivity index (χ4n) is 4.47. The molecule has 3 amide bonds. The van der Waals surface area contributed by atoms with Crippen LogP contribution in [0.5, 0.6) is 5.75 Å². The van der Waals surface area contributed by atoms with E-state index in [4.69, 9.17) is 4.74 Å². The van der Waals surface area contributed by atoms with Crippen molar-refractivity contribution in [3.63, 3.8) is 0 Å². The highest BCUT2D eigenvalue weighted by Gasteiger charge is 2.35. The molecule has 0 saturated carbocycles. The van der Waals surface area contributed by atoms with E-state index < -0.39 is 0 Å². The van der Waals surface area contributed by atoms with E-state index in [9.17, 15) is 14.4 Å². The number of ether oxygens (including phenoxy) is 1. The van der Waals surface area contributed by atoms with Gasteiger partial charge in [0.25, 0.3) is 17.7 Å². The van der Waals surface area contributed by atoms with Gasteiger partial charge in [0.2, 0.25) is 0 Å². The first-order valence-corrected chi connectivity index (χ1v) is 11.8. The second-order valence-corrected chi connectivity index (χ2v) is 9.35. The molecule has 35 heavy (non-hydrogen) atoms. The average molecular weight is 471 g/mol. The summed E-state index contributed by atoms with van der Waals surface area (Å²) < 4.78 is 5.47. The first kappa shape index (κ1) is 24.2. The minimum Gasteiger partial charge on any atom is -0.496 e. The molecule has 1 N–H and O–H groups in total. The van der Waals surface area contributed by atoms with E-state index in [0.717, 1.165) is 16.8 Å². The quantitative estimate of drug-likeness (QED) is 0.430. The van der Waals surface area contributed by atoms with Crippen molar-refractivity contribution < 1.29 is 19.1 Å². The van der Waals surface area contributed by atoms with Crippen LogP contribution in [0.15, 0.2) is 60.7 Å². The van der Waals surface area contributed by atoms with E-state index in [0.29, 0.717) is 28.0 Å². The van der Waals surface area contributed by atoms with Crippen LogP contribution in [0.4, 0.5) is 5.69 Å². The molecule has 6 heteroatoms. The summed E-state index contributed by atoms with van der Waals surface area (Å²) in [5, 5.41) is 3.12. The van der Waals surface area contributed by atoms with Gasteiger partial charge >= 0.3 is 0 Å². The number of amides is 3. The zero-order chi connectivity index (χ0) is 25.3. The van der Waals surface area contributed by atoms with E-state index in [1.54, 1.807) is 42.5 Å². The van der Waals surface area contributed by atoms with Crippen LogP contribution in [0.1, 0.15) is 87.3 Å². The molecule has 0 spiro atoms. The summed E-state index contributed by atoms with van der Waals surface area (Å²) in [6.07, 6.45) is 0. The molecule has 0 aliphatic carbocycles. The van der Waals surface area contributed by atoms with Crippen LogP contribution in [0.25, 0.3) is 0 Å². The van der Waals surface area contributed by atoms with Crippen molar-refractivity contribution in [2.24, 2.45) is 0 Å². The molecule has 1 aliphatic rings. The summed E-state index contributed by atoms with van der Waals surface area (Å²) in [6.45, 7) is 8.45. The second kappa shape index (κ2) is 9.74. The van der Waals surface area contributed by atoms with Crippen LogP contribution >= 0.6 is 0 Å². The van der Waals surface area contributed by atoms with Crippen molar-refractivity contribution in [3.05, 3.63) is 94.0 Å². The van der Waals surface area contributed by atoms with Gasteiger partial charge in [-0.15, -0.1) is 0 Å². The Hall–Kier alpha value is -3.93. The van der Waals surface area contributed by atoms with Gasteiger partial charge in [-0.2, -0.15) is 0 Å². The second-order valence-electron chi connectivity index (χ2n) is 9.35. The Morgan fingerprint density at radius 3 is 1.94 bits per heavy atom. The molecular formula is C29H30N2O4. The van der Waals surface area contributed by atoms with Gasteiger partial charge in [0.15, 0.2) is 0 Å². The van der Waals surface area contributed by atoms with Crippen molar-refractivity contribution in [1.29, 1.82) is 0 Å². The maximum absolute atomic E-state index is 13.5.